The number of halogens is 1. The number of hydrogen-bond donors (Lipinski definition) is 1. The molecular weight excluding hydrogens is 193 g/mol. The number of anilines is 1. The maximum absolute atomic E-state index is 13.5. The number of benzene rings is 1. The first-order valence-electron chi connectivity index (χ1n) is 4.81. The van der Waals surface area contributed by atoms with E-state index in [4.69, 9.17) is 5.73 Å². The molecule has 0 saturated heterocycles. The van der Waals surface area contributed by atoms with Gasteiger partial charge in [0.05, 0.1) is 5.69 Å². The number of nitrogens with two attached hydrogens (primary N) is 1. The van der Waals surface area contributed by atoms with Crippen LogP contribution < -0.4 is 5.73 Å². The minimum atomic E-state index is -0.324. The lowest BCUT2D eigenvalue weighted by Gasteiger charge is -2.04. The first-order valence-corrected chi connectivity index (χ1v) is 4.81. The summed E-state index contributed by atoms with van der Waals surface area (Å²) < 4.78 is 14.9. The number of aryl methyl sites for hydroxylation is 1. The van der Waals surface area contributed by atoms with Crippen LogP contribution in [-0.2, 0) is 6.42 Å². The second-order valence-electron chi connectivity index (χ2n) is 3.28. The van der Waals surface area contributed by atoms with Crippen LogP contribution in [0.3, 0.4) is 0 Å². The summed E-state index contributed by atoms with van der Waals surface area (Å²) in [5.41, 5.74) is 6.99. The predicted octanol–water partition coefficient (Wildman–Crippen LogP) is 2.16. The number of rotatable bonds is 2. The summed E-state index contributed by atoms with van der Waals surface area (Å²) in [6.45, 7) is 1.98. The maximum atomic E-state index is 13.5. The molecule has 0 spiro atoms. The van der Waals surface area contributed by atoms with E-state index in [-0.39, 0.29) is 5.82 Å². The predicted molar refractivity (Wildman–Crippen MR) is 57.3 cm³/mol. The highest BCUT2D eigenvalue weighted by molar-refractivity contribution is 5.43. The van der Waals surface area contributed by atoms with Gasteiger partial charge in [-0.25, -0.2) is 9.07 Å². The molecular formula is C11H12FN3. The summed E-state index contributed by atoms with van der Waals surface area (Å²) in [7, 11) is 0. The van der Waals surface area contributed by atoms with E-state index in [0.29, 0.717) is 11.5 Å². The van der Waals surface area contributed by atoms with Gasteiger partial charge >= 0.3 is 0 Å². The summed E-state index contributed by atoms with van der Waals surface area (Å²) >= 11 is 0. The first kappa shape index (κ1) is 9.71. The lowest BCUT2D eigenvalue weighted by atomic mass is 10.3. The average molecular weight is 205 g/mol. The van der Waals surface area contributed by atoms with Crippen LogP contribution in [0.15, 0.2) is 30.3 Å². The molecule has 15 heavy (non-hydrogen) atoms. The highest BCUT2D eigenvalue weighted by Crippen LogP contribution is 2.17. The van der Waals surface area contributed by atoms with E-state index in [0.717, 1.165) is 12.1 Å². The molecule has 0 bridgehead atoms. The number of nitrogens with zero attached hydrogens (tertiary/aromatic N) is 2. The molecule has 0 radical (unpaired) electrons. The van der Waals surface area contributed by atoms with Crippen molar-refractivity contribution >= 4 is 5.82 Å². The van der Waals surface area contributed by atoms with Crippen LogP contribution in [0.25, 0.3) is 5.69 Å². The van der Waals surface area contributed by atoms with Crippen LogP contribution in [0.2, 0.25) is 0 Å². The van der Waals surface area contributed by atoms with E-state index in [2.05, 4.69) is 5.10 Å². The molecule has 2 aromatic rings. The Kier molecular flexibility index (Phi) is 2.41. The smallest absolute Gasteiger partial charge is 0.148 e. The molecule has 0 atom stereocenters. The molecule has 0 aliphatic rings. The molecule has 0 fully saturated rings. The van der Waals surface area contributed by atoms with E-state index in [1.165, 1.54) is 10.7 Å². The molecule has 2 N–H and O–H groups in total. The van der Waals surface area contributed by atoms with Crippen LogP contribution in [-0.4, -0.2) is 9.78 Å². The van der Waals surface area contributed by atoms with Crippen molar-refractivity contribution in [3.05, 3.63) is 41.8 Å². The number of nitrogen functional groups attached to an aromatic ring is 1. The summed E-state index contributed by atoms with van der Waals surface area (Å²) in [6.07, 6.45) is 0.783. The van der Waals surface area contributed by atoms with Crippen molar-refractivity contribution in [2.45, 2.75) is 13.3 Å². The van der Waals surface area contributed by atoms with Gasteiger partial charge in [0.15, 0.2) is 0 Å². The third kappa shape index (κ3) is 1.70. The number of aromatic nitrogens is 2. The molecule has 0 amide bonds. The first-order chi connectivity index (χ1) is 7.22. The lowest BCUT2D eigenvalue weighted by molar-refractivity contribution is 0.611. The number of para-hydroxylation sites is 1. The topological polar surface area (TPSA) is 43.8 Å². The summed E-state index contributed by atoms with van der Waals surface area (Å²) in [5, 5.41) is 4.21. The second kappa shape index (κ2) is 3.73. The van der Waals surface area contributed by atoms with E-state index < -0.39 is 0 Å². The van der Waals surface area contributed by atoms with Gasteiger partial charge in [-0.2, -0.15) is 5.10 Å². The SMILES string of the molecule is CCc1cc(N)n(-c2ccccc2F)n1. The minimum absolute atomic E-state index is 0.324. The molecule has 1 aromatic heterocycles. The van der Waals surface area contributed by atoms with Crippen LogP contribution in [0.4, 0.5) is 10.2 Å². The molecule has 3 nitrogen and oxygen atoms in total. The normalized spacial score (nSPS) is 10.5. The summed E-state index contributed by atoms with van der Waals surface area (Å²) in [5.74, 6) is 0.131. The third-order valence-electron chi connectivity index (χ3n) is 2.23. The summed E-state index contributed by atoms with van der Waals surface area (Å²) in [4.78, 5) is 0. The van der Waals surface area contributed by atoms with Crippen LogP contribution in [0.1, 0.15) is 12.6 Å². The Morgan fingerprint density at radius 3 is 2.73 bits per heavy atom. The zero-order chi connectivity index (χ0) is 10.8. The van der Waals surface area contributed by atoms with E-state index in [9.17, 15) is 4.39 Å². The van der Waals surface area contributed by atoms with Gasteiger partial charge in [-0.1, -0.05) is 19.1 Å². The molecule has 0 unspecified atom stereocenters. The van der Waals surface area contributed by atoms with E-state index >= 15 is 0 Å². The second-order valence-corrected chi connectivity index (χ2v) is 3.28. The van der Waals surface area contributed by atoms with Crippen molar-refractivity contribution in [2.24, 2.45) is 0 Å². The molecule has 2 rings (SSSR count). The van der Waals surface area contributed by atoms with Gasteiger partial charge in [0.25, 0.3) is 0 Å². The van der Waals surface area contributed by atoms with Gasteiger partial charge in [0, 0.05) is 6.07 Å². The Morgan fingerprint density at radius 1 is 1.40 bits per heavy atom. The van der Waals surface area contributed by atoms with Crippen molar-refractivity contribution in [1.29, 1.82) is 0 Å². The number of hydrogen-bond acceptors (Lipinski definition) is 2. The Hall–Kier alpha value is -1.84. The molecule has 0 aliphatic carbocycles. The average Bonchev–Trinajstić information content (AvgIpc) is 2.60. The van der Waals surface area contributed by atoms with Crippen LogP contribution >= 0.6 is 0 Å². The van der Waals surface area contributed by atoms with Gasteiger partial charge < -0.3 is 5.73 Å². The lowest BCUT2D eigenvalue weighted by Crippen LogP contribution is -2.03. The Bertz CT molecular complexity index is 476. The van der Waals surface area contributed by atoms with Gasteiger partial charge in [0.1, 0.15) is 17.3 Å². The quantitative estimate of drug-likeness (QED) is 0.816. The van der Waals surface area contributed by atoms with Crippen molar-refractivity contribution in [2.75, 3.05) is 5.73 Å². The van der Waals surface area contributed by atoms with E-state index in [1.807, 2.05) is 6.92 Å². The molecule has 1 aromatic carbocycles. The standard InChI is InChI=1S/C11H12FN3/c1-2-8-7-11(13)15(14-8)10-6-4-3-5-9(10)12/h3-7H,2,13H2,1H3. The molecule has 1 heterocycles. The van der Waals surface area contributed by atoms with Crippen molar-refractivity contribution in [1.82, 2.24) is 9.78 Å². The van der Waals surface area contributed by atoms with Gasteiger partial charge in [0.2, 0.25) is 0 Å². The summed E-state index contributed by atoms with van der Waals surface area (Å²) in [6, 6.07) is 8.19. The van der Waals surface area contributed by atoms with Crippen LogP contribution in [0, 0.1) is 5.82 Å². The Labute approximate surface area is 87.3 Å². The third-order valence-corrected chi connectivity index (χ3v) is 2.23. The zero-order valence-electron chi connectivity index (χ0n) is 8.44. The van der Waals surface area contributed by atoms with Crippen molar-refractivity contribution in [3.63, 3.8) is 0 Å². The fourth-order valence-corrected chi connectivity index (χ4v) is 1.44. The van der Waals surface area contributed by atoms with Gasteiger partial charge in [-0.15, -0.1) is 0 Å². The highest BCUT2D eigenvalue weighted by atomic mass is 19.1. The highest BCUT2D eigenvalue weighted by Gasteiger charge is 2.08. The zero-order valence-corrected chi connectivity index (χ0v) is 8.44. The Morgan fingerprint density at radius 2 is 2.13 bits per heavy atom. The van der Waals surface area contributed by atoms with Crippen molar-refractivity contribution < 1.29 is 4.39 Å². The largest absolute Gasteiger partial charge is 0.384 e. The fraction of sp³-hybridized carbons (Fsp3) is 0.182. The monoisotopic (exact) mass is 205 g/mol. The Balaban J connectivity index is 2.54. The van der Waals surface area contributed by atoms with Crippen LogP contribution in [0.5, 0.6) is 0 Å². The fourth-order valence-electron chi connectivity index (χ4n) is 1.44. The maximum Gasteiger partial charge on any atom is 0.148 e. The molecule has 0 aliphatic heterocycles. The molecule has 0 saturated carbocycles. The van der Waals surface area contributed by atoms with Gasteiger partial charge in [-0.3, -0.25) is 0 Å². The van der Waals surface area contributed by atoms with E-state index in [1.54, 1.807) is 24.3 Å². The van der Waals surface area contributed by atoms with Crippen molar-refractivity contribution in [3.8, 4) is 5.69 Å². The molecule has 4 heteroatoms. The molecule has 78 valence electrons. The minimum Gasteiger partial charge on any atom is -0.384 e. The van der Waals surface area contributed by atoms with Gasteiger partial charge in [-0.05, 0) is 18.6 Å².